The van der Waals surface area contributed by atoms with E-state index in [1.807, 2.05) is 55.5 Å². The summed E-state index contributed by atoms with van der Waals surface area (Å²) in [4.78, 5) is 37.7. The number of benzene rings is 2. The Bertz CT molecular complexity index is 1140. The van der Waals surface area contributed by atoms with Gasteiger partial charge in [0.15, 0.2) is 0 Å². The molecule has 8 nitrogen and oxygen atoms in total. The topological polar surface area (TPSA) is 142 Å². The molecule has 6 N–H and O–H groups in total. The number of amides is 2. The lowest BCUT2D eigenvalue weighted by molar-refractivity contribution is -0.130. The average molecular weight is 608 g/mol. The van der Waals surface area contributed by atoms with Crippen LogP contribution in [0, 0.1) is 17.8 Å². The van der Waals surface area contributed by atoms with Crippen molar-refractivity contribution in [1.29, 1.82) is 0 Å². The van der Waals surface area contributed by atoms with Gasteiger partial charge >= 0.3 is 0 Å². The van der Waals surface area contributed by atoms with Crippen LogP contribution in [0.25, 0.3) is 0 Å². The standard InChI is InChI=1S/C36H53N3O5/c1-3-28(40)19-11-6-12-22-31(36(44)39-32(34(37)42)24-27-17-9-5-10-18-27)38-35(43)30-21-14-13-20-29(30)33(41)25(2)23-26-15-7-4-8-16-26/h4-5,7-10,15-18,25,29-33,35,38,41,43H,3,6,11-14,19-24H2,1-2H3,(H2,37,42)(H,39,44). The first-order valence-corrected chi connectivity index (χ1v) is 16.5. The predicted octanol–water partition coefficient (Wildman–Crippen LogP) is 4.45. The predicted molar refractivity (Wildman–Crippen MR) is 173 cm³/mol. The summed E-state index contributed by atoms with van der Waals surface area (Å²) in [5.41, 5.74) is 7.73. The number of hydrogen-bond donors (Lipinski definition) is 5. The molecule has 1 aliphatic carbocycles. The minimum absolute atomic E-state index is 0.00874. The van der Waals surface area contributed by atoms with Crippen LogP contribution in [0.5, 0.6) is 0 Å². The van der Waals surface area contributed by atoms with Crippen molar-refractivity contribution in [1.82, 2.24) is 10.6 Å². The van der Waals surface area contributed by atoms with Gasteiger partial charge in [0.1, 0.15) is 18.1 Å². The third-order valence-electron chi connectivity index (χ3n) is 9.18. The van der Waals surface area contributed by atoms with Gasteiger partial charge in [0.05, 0.1) is 12.1 Å². The van der Waals surface area contributed by atoms with Gasteiger partial charge in [-0.25, -0.2) is 0 Å². The molecule has 2 aromatic rings. The molecule has 1 fully saturated rings. The fourth-order valence-corrected chi connectivity index (χ4v) is 6.52. The first-order chi connectivity index (χ1) is 21.2. The molecule has 1 aliphatic rings. The van der Waals surface area contributed by atoms with Gasteiger partial charge in [-0.2, -0.15) is 0 Å². The van der Waals surface area contributed by atoms with Crippen LogP contribution in [0.15, 0.2) is 60.7 Å². The Morgan fingerprint density at radius 2 is 1.43 bits per heavy atom. The Labute approximate surface area is 263 Å². The molecule has 242 valence electrons. The van der Waals surface area contributed by atoms with Crippen LogP contribution in [0.1, 0.15) is 89.2 Å². The van der Waals surface area contributed by atoms with Crippen LogP contribution >= 0.6 is 0 Å². The first kappa shape index (κ1) is 35.4. The number of carbonyl (C=O) groups excluding carboxylic acids is 3. The van der Waals surface area contributed by atoms with Crippen LogP contribution in [0.4, 0.5) is 0 Å². The second-order valence-electron chi connectivity index (χ2n) is 12.6. The lowest BCUT2D eigenvalue weighted by atomic mass is 9.71. The number of Topliss-reactive ketones (excluding diaryl/α,β-unsaturated/α-hetero) is 1. The highest BCUT2D eigenvalue weighted by atomic mass is 16.3. The summed E-state index contributed by atoms with van der Waals surface area (Å²) in [6.07, 6.45) is 6.60. The van der Waals surface area contributed by atoms with E-state index in [4.69, 9.17) is 5.73 Å². The molecule has 0 radical (unpaired) electrons. The summed E-state index contributed by atoms with van der Waals surface area (Å²) in [6.45, 7) is 3.91. The Morgan fingerprint density at radius 1 is 0.841 bits per heavy atom. The maximum absolute atomic E-state index is 13.6. The van der Waals surface area contributed by atoms with Gasteiger partial charge in [-0.05, 0) is 55.1 Å². The van der Waals surface area contributed by atoms with E-state index in [9.17, 15) is 24.6 Å². The van der Waals surface area contributed by atoms with Gasteiger partial charge < -0.3 is 21.3 Å². The van der Waals surface area contributed by atoms with E-state index < -0.39 is 36.2 Å². The smallest absolute Gasteiger partial charge is 0.240 e. The quantitative estimate of drug-likeness (QED) is 0.118. The number of rotatable bonds is 19. The first-order valence-electron chi connectivity index (χ1n) is 16.5. The second-order valence-corrected chi connectivity index (χ2v) is 12.6. The molecule has 7 unspecified atom stereocenters. The summed E-state index contributed by atoms with van der Waals surface area (Å²) in [5.74, 6) is -1.10. The molecule has 0 spiro atoms. The fourth-order valence-electron chi connectivity index (χ4n) is 6.52. The lowest BCUT2D eigenvalue weighted by Crippen LogP contribution is -2.56. The van der Waals surface area contributed by atoms with E-state index in [-0.39, 0.29) is 30.0 Å². The Hall–Kier alpha value is -3.07. The third kappa shape index (κ3) is 11.5. The maximum Gasteiger partial charge on any atom is 0.240 e. The van der Waals surface area contributed by atoms with E-state index in [2.05, 4.69) is 29.7 Å². The lowest BCUT2D eigenvalue weighted by Gasteiger charge is -2.40. The van der Waals surface area contributed by atoms with Crippen LogP contribution in [0.2, 0.25) is 0 Å². The number of nitrogens with two attached hydrogens (primary N) is 1. The number of aliphatic hydroxyl groups excluding tert-OH is 2. The van der Waals surface area contributed by atoms with E-state index in [1.54, 1.807) is 0 Å². The van der Waals surface area contributed by atoms with Crippen molar-refractivity contribution in [2.24, 2.45) is 23.5 Å². The molecule has 2 amide bonds. The highest BCUT2D eigenvalue weighted by molar-refractivity contribution is 5.89. The molecule has 0 heterocycles. The zero-order chi connectivity index (χ0) is 31.9. The molecule has 7 atom stereocenters. The van der Waals surface area contributed by atoms with Crippen molar-refractivity contribution in [2.75, 3.05) is 0 Å². The number of ketones is 1. The summed E-state index contributed by atoms with van der Waals surface area (Å²) in [7, 11) is 0. The zero-order valence-electron chi connectivity index (χ0n) is 26.5. The van der Waals surface area contributed by atoms with E-state index in [0.717, 1.165) is 50.5 Å². The highest BCUT2D eigenvalue weighted by Gasteiger charge is 2.39. The van der Waals surface area contributed by atoms with E-state index >= 15 is 0 Å². The molecule has 2 aromatic carbocycles. The van der Waals surface area contributed by atoms with Crippen molar-refractivity contribution in [3.05, 3.63) is 71.8 Å². The molecule has 8 heteroatoms. The summed E-state index contributed by atoms with van der Waals surface area (Å²) < 4.78 is 0. The van der Waals surface area contributed by atoms with Crippen molar-refractivity contribution in [3.8, 4) is 0 Å². The molecule has 44 heavy (non-hydrogen) atoms. The average Bonchev–Trinajstić information content (AvgIpc) is 3.03. The number of primary amides is 1. The molecule has 3 rings (SSSR count). The normalized spacial score (nSPS) is 20.2. The largest absolute Gasteiger partial charge is 0.393 e. The van der Waals surface area contributed by atoms with Gasteiger partial charge in [0.25, 0.3) is 0 Å². The number of unbranched alkanes of at least 4 members (excludes halogenated alkanes) is 2. The molecular formula is C36H53N3O5. The van der Waals surface area contributed by atoms with Gasteiger partial charge in [0.2, 0.25) is 11.8 Å². The Morgan fingerprint density at radius 3 is 2.02 bits per heavy atom. The van der Waals surface area contributed by atoms with Crippen molar-refractivity contribution >= 4 is 17.6 Å². The molecule has 1 saturated carbocycles. The number of aliphatic hydroxyl groups is 2. The van der Waals surface area contributed by atoms with Crippen LogP contribution in [-0.4, -0.2) is 52.2 Å². The third-order valence-corrected chi connectivity index (χ3v) is 9.18. The molecule has 0 bridgehead atoms. The van der Waals surface area contributed by atoms with E-state index in [1.165, 1.54) is 5.56 Å². The van der Waals surface area contributed by atoms with Crippen molar-refractivity contribution in [3.63, 3.8) is 0 Å². The monoisotopic (exact) mass is 607 g/mol. The van der Waals surface area contributed by atoms with Gasteiger partial charge in [0, 0.05) is 25.2 Å². The number of hydrogen-bond acceptors (Lipinski definition) is 6. The molecule has 0 aliphatic heterocycles. The SMILES string of the molecule is CCC(=O)CCCCCC(NC(O)C1CCCCC1C(O)C(C)Cc1ccccc1)C(=O)NC(Cc1ccccc1)C(N)=O. The number of nitrogens with one attached hydrogen (secondary N) is 2. The zero-order valence-corrected chi connectivity index (χ0v) is 26.5. The minimum Gasteiger partial charge on any atom is -0.393 e. The Balaban J connectivity index is 1.69. The summed E-state index contributed by atoms with van der Waals surface area (Å²) in [6, 6.07) is 17.9. The second kappa shape index (κ2) is 18.7. The van der Waals surface area contributed by atoms with Crippen molar-refractivity contribution in [2.45, 2.75) is 115 Å². The van der Waals surface area contributed by atoms with Gasteiger partial charge in [-0.3, -0.25) is 19.7 Å². The molecule has 0 saturated heterocycles. The minimum atomic E-state index is -1.00. The van der Waals surface area contributed by atoms with Crippen LogP contribution < -0.4 is 16.4 Å². The van der Waals surface area contributed by atoms with Crippen molar-refractivity contribution < 1.29 is 24.6 Å². The molecule has 0 aromatic heterocycles. The maximum atomic E-state index is 13.6. The van der Waals surface area contributed by atoms with Gasteiger partial charge in [-0.15, -0.1) is 0 Å². The summed E-state index contributed by atoms with van der Waals surface area (Å²) in [5, 5.41) is 29.0. The fraction of sp³-hybridized carbons (Fsp3) is 0.583. The Kier molecular flexibility index (Phi) is 15.0. The summed E-state index contributed by atoms with van der Waals surface area (Å²) >= 11 is 0. The molecular weight excluding hydrogens is 554 g/mol. The highest BCUT2D eigenvalue weighted by Crippen LogP contribution is 2.37. The number of carbonyl (C=O) groups is 3. The van der Waals surface area contributed by atoms with Gasteiger partial charge in [-0.1, -0.05) is 100 Å². The van der Waals surface area contributed by atoms with Crippen LogP contribution in [0.3, 0.4) is 0 Å². The van der Waals surface area contributed by atoms with Crippen LogP contribution in [-0.2, 0) is 27.2 Å². The van der Waals surface area contributed by atoms with E-state index in [0.29, 0.717) is 25.7 Å².